The molecule has 0 fully saturated rings. The molecule has 1 nitrogen and oxygen atoms in total. The second kappa shape index (κ2) is 5.27. The molecule has 2 rings (SSSR count). The lowest BCUT2D eigenvalue weighted by molar-refractivity contribution is 0.623. The van der Waals surface area contributed by atoms with Gasteiger partial charge in [-0.05, 0) is 29.7 Å². The van der Waals surface area contributed by atoms with Crippen molar-refractivity contribution in [3.63, 3.8) is 0 Å². The maximum Gasteiger partial charge on any atom is 0.123 e. The first kappa shape index (κ1) is 11.3. The van der Waals surface area contributed by atoms with Crippen molar-refractivity contribution in [1.29, 1.82) is 5.26 Å². The van der Waals surface area contributed by atoms with Gasteiger partial charge < -0.3 is 0 Å². The van der Waals surface area contributed by atoms with Gasteiger partial charge >= 0.3 is 0 Å². The summed E-state index contributed by atoms with van der Waals surface area (Å²) >= 11 is 0. The Bertz CT molecular complexity index is 528. The van der Waals surface area contributed by atoms with Crippen LogP contribution in [-0.4, -0.2) is 0 Å². The maximum absolute atomic E-state index is 13.1. The fraction of sp³-hybridized carbons (Fsp3) is 0.133. The molecule has 0 amide bonds. The molecule has 0 aliphatic heterocycles. The summed E-state index contributed by atoms with van der Waals surface area (Å²) in [6.45, 7) is 0. The van der Waals surface area contributed by atoms with E-state index in [9.17, 15) is 4.39 Å². The van der Waals surface area contributed by atoms with E-state index in [1.54, 1.807) is 12.1 Å². The highest BCUT2D eigenvalue weighted by Gasteiger charge is 2.11. The van der Waals surface area contributed by atoms with E-state index in [4.69, 9.17) is 5.26 Å². The van der Waals surface area contributed by atoms with Gasteiger partial charge in [0.15, 0.2) is 0 Å². The molecule has 0 aliphatic carbocycles. The van der Waals surface area contributed by atoms with E-state index in [2.05, 4.69) is 6.07 Å². The van der Waals surface area contributed by atoms with Crippen LogP contribution in [0.2, 0.25) is 0 Å². The second-order valence-corrected chi connectivity index (χ2v) is 3.93. The largest absolute Gasteiger partial charge is 0.207 e. The van der Waals surface area contributed by atoms with Crippen LogP contribution in [0.25, 0.3) is 0 Å². The summed E-state index contributed by atoms with van der Waals surface area (Å²) in [6, 6.07) is 18.2. The van der Waals surface area contributed by atoms with E-state index < -0.39 is 0 Å². The summed E-state index contributed by atoms with van der Waals surface area (Å²) in [7, 11) is 0. The van der Waals surface area contributed by atoms with E-state index in [1.807, 2.05) is 30.3 Å². The van der Waals surface area contributed by atoms with Crippen molar-refractivity contribution in [2.24, 2.45) is 0 Å². The van der Waals surface area contributed by atoms with E-state index >= 15 is 0 Å². The highest BCUT2D eigenvalue weighted by molar-refractivity contribution is 5.29. The van der Waals surface area contributed by atoms with Gasteiger partial charge in [0.1, 0.15) is 5.82 Å². The lowest BCUT2D eigenvalue weighted by Gasteiger charge is -2.09. The molecular formula is C15H12FN. The van der Waals surface area contributed by atoms with E-state index in [-0.39, 0.29) is 11.7 Å². The van der Waals surface area contributed by atoms with E-state index in [1.165, 1.54) is 12.1 Å². The molecule has 0 aliphatic rings. The molecule has 2 aromatic carbocycles. The molecule has 0 saturated heterocycles. The number of nitrogens with zero attached hydrogens (tertiary/aromatic N) is 1. The first-order valence-electron chi connectivity index (χ1n) is 5.48. The number of hydrogen-bond donors (Lipinski definition) is 0. The smallest absolute Gasteiger partial charge is 0.123 e. The molecular weight excluding hydrogens is 213 g/mol. The van der Waals surface area contributed by atoms with Crippen molar-refractivity contribution < 1.29 is 4.39 Å². The normalized spacial score (nSPS) is 11.8. The molecule has 17 heavy (non-hydrogen) atoms. The van der Waals surface area contributed by atoms with Gasteiger partial charge in [-0.15, -0.1) is 0 Å². The lowest BCUT2D eigenvalue weighted by Crippen LogP contribution is -2.00. The van der Waals surface area contributed by atoms with Gasteiger partial charge in [-0.1, -0.05) is 42.5 Å². The molecule has 2 heteroatoms. The predicted octanol–water partition coefficient (Wildman–Crippen LogP) is 3.68. The third kappa shape index (κ3) is 2.92. The number of hydrogen-bond acceptors (Lipinski definition) is 1. The molecule has 1 atom stereocenters. The highest BCUT2D eigenvalue weighted by Crippen LogP contribution is 2.20. The molecule has 0 spiro atoms. The Kier molecular flexibility index (Phi) is 3.52. The first-order valence-corrected chi connectivity index (χ1v) is 5.48. The Morgan fingerprint density at radius 2 is 1.82 bits per heavy atom. The Balaban J connectivity index is 2.21. The molecule has 0 bridgehead atoms. The highest BCUT2D eigenvalue weighted by atomic mass is 19.1. The summed E-state index contributed by atoms with van der Waals surface area (Å²) in [4.78, 5) is 0. The van der Waals surface area contributed by atoms with Crippen LogP contribution in [0.15, 0.2) is 54.6 Å². The van der Waals surface area contributed by atoms with Crippen LogP contribution >= 0.6 is 0 Å². The van der Waals surface area contributed by atoms with Crippen molar-refractivity contribution in [2.75, 3.05) is 0 Å². The van der Waals surface area contributed by atoms with E-state index in [0.29, 0.717) is 6.42 Å². The maximum atomic E-state index is 13.1. The molecule has 0 N–H and O–H groups in total. The summed E-state index contributed by atoms with van der Waals surface area (Å²) in [5, 5.41) is 9.16. The Hall–Kier alpha value is -2.14. The van der Waals surface area contributed by atoms with Crippen LogP contribution in [0.5, 0.6) is 0 Å². The van der Waals surface area contributed by atoms with Gasteiger partial charge in [0.05, 0.1) is 12.0 Å². The average Bonchev–Trinajstić information content (AvgIpc) is 2.37. The molecule has 0 radical (unpaired) electrons. The van der Waals surface area contributed by atoms with Gasteiger partial charge in [0.2, 0.25) is 0 Å². The first-order chi connectivity index (χ1) is 8.29. The molecule has 1 unspecified atom stereocenters. The minimum atomic E-state index is -0.298. The van der Waals surface area contributed by atoms with E-state index in [0.717, 1.165) is 11.1 Å². The monoisotopic (exact) mass is 225 g/mol. The molecule has 0 aromatic heterocycles. The summed E-state index contributed by atoms with van der Waals surface area (Å²) < 4.78 is 13.1. The number of nitriles is 1. The van der Waals surface area contributed by atoms with Crippen LogP contribution in [0, 0.1) is 17.1 Å². The van der Waals surface area contributed by atoms with Crippen molar-refractivity contribution in [1.82, 2.24) is 0 Å². The quantitative estimate of drug-likeness (QED) is 0.781. The zero-order valence-electron chi connectivity index (χ0n) is 9.31. The van der Waals surface area contributed by atoms with Crippen LogP contribution < -0.4 is 0 Å². The second-order valence-electron chi connectivity index (χ2n) is 3.93. The van der Waals surface area contributed by atoms with Crippen LogP contribution in [0.3, 0.4) is 0 Å². The zero-order valence-corrected chi connectivity index (χ0v) is 9.31. The predicted molar refractivity (Wildman–Crippen MR) is 64.9 cm³/mol. The zero-order chi connectivity index (χ0) is 12.1. The SMILES string of the molecule is N#CC(Cc1ccccc1)c1cccc(F)c1. The molecule has 0 saturated carbocycles. The third-order valence-corrected chi connectivity index (χ3v) is 2.69. The molecule has 2 aromatic rings. The third-order valence-electron chi connectivity index (χ3n) is 2.69. The minimum Gasteiger partial charge on any atom is -0.207 e. The van der Waals surface area contributed by atoms with Crippen molar-refractivity contribution >= 4 is 0 Å². The Morgan fingerprint density at radius 3 is 2.47 bits per heavy atom. The minimum absolute atomic E-state index is 0.296. The van der Waals surface area contributed by atoms with Crippen LogP contribution in [-0.2, 0) is 6.42 Å². The van der Waals surface area contributed by atoms with Gasteiger partial charge in [0, 0.05) is 0 Å². The fourth-order valence-electron chi connectivity index (χ4n) is 1.81. The topological polar surface area (TPSA) is 23.8 Å². The van der Waals surface area contributed by atoms with Gasteiger partial charge in [-0.25, -0.2) is 4.39 Å². The molecule has 84 valence electrons. The fourth-order valence-corrected chi connectivity index (χ4v) is 1.81. The van der Waals surface area contributed by atoms with Crippen LogP contribution in [0.4, 0.5) is 4.39 Å². The van der Waals surface area contributed by atoms with Crippen LogP contribution in [0.1, 0.15) is 17.0 Å². The Morgan fingerprint density at radius 1 is 1.06 bits per heavy atom. The summed E-state index contributed by atoms with van der Waals surface area (Å²) in [6.07, 6.45) is 0.612. The standard InChI is InChI=1S/C15H12FN/c16-15-8-4-7-13(10-15)14(11-17)9-12-5-2-1-3-6-12/h1-8,10,14H,9H2. The van der Waals surface area contributed by atoms with Crippen molar-refractivity contribution in [3.8, 4) is 6.07 Å². The number of rotatable bonds is 3. The summed E-state index contributed by atoms with van der Waals surface area (Å²) in [5.41, 5.74) is 1.82. The van der Waals surface area contributed by atoms with Crippen molar-refractivity contribution in [3.05, 3.63) is 71.5 Å². The van der Waals surface area contributed by atoms with Gasteiger partial charge in [-0.3, -0.25) is 0 Å². The Labute approximate surface area is 100 Å². The lowest BCUT2D eigenvalue weighted by atomic mass is 9.93. The van der Waals surface area contributed by atoms with Crippen molar-refractivity contribution in [2.45, 2.75) is 12.3 Å². The average molecular weight is 225 g/mol. The molecule has 0 heterocycles. The summed E-state index contributed by atoms with van der Waals surface area (Å²) in [5.74, 6) is -0.594. The van der Waals surface area contributed by atoms with Gasteiger partial charge in [-0.2, -0.15) is 5.26 Å². The number of benzene rings is 2. The van der Waals surface area contributed by atoms with Gasteiger partial charge in [0.25, 0.3) is 0 Å². The number of halogens is 1.